The fourth-order valence-electron chi connectivity index (χ4n) is 1.69. The zero-order valence-corrected chi connectivity index (χ0v) is 8.95. The number of hydrogen-bond acceptors (Lipinski definition) is 3. The fourth-order valence-corrected chi connectivity index (χ4v) is 1.86. The second-order valence-electron chi connectivity index (χ2n) is 3.41. The van der Waals surface area contributed by atoms with E-state index in [1.54, 1.807) is 18.2 Å². The highest BCUT2D eigenvalue weighted by Gasteiger charge is 2.27. The summed E-state index contributed by atoms with van der Waals surface area (Å²) in [5, 5.41) is 13.3. The number of anilines is 2. The van der Waals surface area contributed by atoms with Crippen molar-refractivity contribution in [3.8, 4) is 0 Å². The van der Waals surface area contributed by atoms with Crippen LogP contribution < -0.4 is 10.2 Å². The number of nitrogens with one attached hydrogen (secondary N) is 1. The molecule has 0 bridgehead atoms. The Morgan fingerprint density at radius 2 is 2.40 bits per heavy atom. The molecular formula is C10H11ClN2O2. The molecule has 1 aliphatic rings. The number of nitrogens with zero attached hydrogens (tertiary/aromatic N) is 1. The maximum absolute atomic E-state index is 11.4. The molecule has 1 heterocycles. The number of benzene rings is 1. The summed E-state index contributed by atoms with van der Waals surface area (Å²) in [6, 6.07) is 5.14. The van der Waals surface area contributed by atoms with E-state index in [2.05, 4.69) is 5.32 Å². The van der Waals surface area contributed by atoms with Crippen molar-refractivity contribution < 1.29 is 9.90 Å². The summed E-state index contributed by atoms with van der Waals surface area (Å²) in [5.74, 6) is -0.187. The van der Waals surface area contributed by atoms with Gasteiger partial charge in [-0.2, -0.15) is 0 Å². The monoisotopic (exact) mass is 226 g/mol. The molecule has 4 nitrogen and oxygen atoms in total. The van der Waals surface area contributed by atoms with E-state index >= 15 is 0 Å². The Balaban J connectivity index is 2.48. The number of aliphatic hydroxyl groups is 1. The van der Waals surface area contributed by atoms with E-state index in [-0.39, 0.29) is 5.91 Å². The molecule has 0 unspecified atom stereocenters. The van der Waals surface area contributed by atoms with Crippen LogP contribution in [0.15, 0.2) is 18.2 Å². The molecule has 1 aliphatic heterocycles. The van der Waals surface area contributed by atoms with Crippen LogP contribution in [0.25, 0.3) is 0 Å². The summed E-state index contributed by atoms with van der Waals surface area (Å²) < 4.78 is 0. The fraction of sp³-hybridized carbons (Fsp3) is 0.300. The molecule has 2 N–H and O–H groups in total. The molecule has 5 heteroatoms. The van der Waals surface area contributed by atoms with Crippen LogP contribution in [0.1, 0.15) is 6.92 Å². The SMILES string of the molecule is CC(=O)N1c2ccc(Cl)cc2NC[C@@H]1O. The molecule has 0 fully saturated rings. The van der Waals surface area contributed by atoms with Crippen molar-refractivity contribution in [2.24, 2.45) is 0 Å². The topological polar surface area (TPSA) is 52.6 Å². The number of hydrogen-bond donors (Lipinski definition) is 2. The number of fused-ring (bicyclic) bond motifs is 1. The lowest BCUT2D eigenvalue weighted by Gasteiger charge is -2.34. The van der Waals surface area contributed by atoms with Crippen molar-refractivity contribution in [1.82, 2.24) is 0 Å². The van der Waals surface area contributed by atoms with Gasteiger partial charge in [-0.25, -0.2) is 0 Å². The molecule has 0 saturated carbocycles. The van der Waals surface area contributed by atoms with Gasteiger partial charge in [-0.3, -0.25) is 9.69 Å². The quantitative estimate of drug-likeness (QED) is 0.704. The van der Waals surface area contributed by atoms with Crippen molar-refractivity contribution in [2.45, 2.75) is 13.2 Å². The van der Waals surface area contributed by atoms with Gasteiger partial charge in [-0.1, -0.05) is 11.6 Å². The first-order valence-corrected chi connectivity index (χ1v) is 4.98. The van der Waals surface area contributed by atoms with Gasteiger partial charge in [0.2, 0.25) is 5.91 Å². The van der Waals surface area contributed by atoms with Crippen molar-refractivity contribution in [1.29, 1.82) is 0 Å². The van der Waals surface area contributed by atoms with Crippen LogP contribution in [0, 0.1) is 0 Å². The normalized spacial score (nSPS) is 19.4. The van der Waals surface area contributed by atoms with Crippen LogP contribution in [0.2, 0.25) is 5.02 Å². The van der Waals surface area contributed by atoms with Gasteiger partial charge in [0.15, 0.2) is 6.23 Å². The number of rotatable bonds is 0. The Labute approximate surface area is 92.5 Å². The van der Waals surface area contributed by atoms with E-state index < -0.39 is 6.23 Å². The summed E-state index contributed by atoms with van der Waals surface area (Å²) in [5.41, 5.74) is 1.42. The molecule has 0 saturated heterocycles. The summed E-state index contributed by atoms with van der Waals surface area (Å²) in [6.07, 6.45) is -0.823. The number of carbonyl (C=O) groups is 1. The molecule has 1 amide bonds. The average molecular weight is 227 g/mol. The van der Waals surface area contributed by atoms with Crippen LogP contribution in [0.5, 0.6) is 0 Å². The summed E-state index contributed by atoms with van der Waals surface area (Å²) in [7, 11) is 0. The third-order valence-electron chi connectivity index (χ3n) is 2.33. The average Bonchev–Trinajstić information content (AvgIpc) is 2.17. The standard InChI is InChI=1S/C10H11ClN2O2/c1-6(14)13-9-3-2-7(11)4-8(9)12-5-10(13)15/h2-4,10,12,15H,5H2,1H3/t10-/m0/s1. The first-order valence-electron chi connectivity index (χ1n) is 4.61. The predicted molar refractivity (Wildman–Crippen MR) is 59.1 cm³/mol. The largest absolute Gasteiger partial charge is 0.379 e. The minimum Gasteiger partial charge on any atom is -0.379 e. The Bertz CT molecular complexity index is 408. The molecule has 0 radical (unpaired) electrons. The molecule has 15 heavy (non-hydrogen) atoms. The predicted octanol–water partition coefficient (Wildman–Crippen LogP) is 1.44. The van der Waals surface area contributed by atoms with Gasteiger partial charge in [-0.15, -0.1) is 0 Å². The third-order valence-corrected chi connectivity index (χ3v) is 2.57. The molecule has 0 spiro atoms. The van der Waals surface area contributed by atoms with E-state index in [1.165, 1.54) is 11.8 Å². The number of β-amino-alcohol motifs (C(OH)–C–C–N with tert-alkyl or cyclic N) is 1. The lowest BCUT2D eigenvalue weighted by atomic mass is 10.2. The molecule has 1 aromatic carbocycles. The Hall–Kier alpha value is -1.26. The summed E-state index contributed by atoms with van der Waals surface area (Å²) >= 11 is 5.83. The number of aliphatic hydroxyl groups excluding tert-OH is 1. The minimum absolute atomic E-state index is 0.187. The van der Waals surface area contributed by atoms with E-state index in [9.17, 15) is 9.90 Å². The van der Waals surface area contributed by atoms with Crippen molar-refractivity contribution in [3.05, 3.63) is 23.2 Å². The summed E-state index contributed by atoms with van der Waals surface area (Å²) in [4.78, 5) is 12.7. The Kier molecular flexibility index (Phi) is 2.54. The van der Waals surface area contributed by atoms with Gasteiger partial charge >= 0.3 is 0 Å². The first-order chi connectivity index (χ1) is 7.09. The van der Waals surface area contributed by atoms with E-state index in [1.807, 2.05) is 0 Å². The van der Waals surface area contributed by atoms with Gasteiger partial charge in [0.1, 0.15) is 0 Å². The zero-order chi connectivity index (χ0) is 11.0. The van der Waals surface area contributed by atoms with Crippen LogP contribution in [0.3, 0.4) is 0 Å². The minimum atomic E-state index is -0.823. The number of halogens is 1. The maximum Gasteiger partial charge on any atom is 0.226 e. The molecule has 1 atom stereocenters. The number of carbonyl (C=O) groups excluding carboxylic acids is 1. The van der Waals surface area contributed by atoms with Gasteiger partial charge in [0, 0.05) is 11.9 Å². The third kappa shape index (κ3) is 1.78. The summed E-state index contributed by atoms with van der Waals surface area (Å²) in [6.45, 7) is 1.74. The van der Waals surface area contributed by atoms with Gasteiger partial charge < -0.3 is 10.4 Å². The van der Waals surface area contributed by atoms with Crippen molar-refractivity contribution >= 4 is 28.9 Å². The van der Waals surface area contributed by atoms with Gasteiger partial charge in [0.05, 0.1) is 17.9 Å². The highest BCUT2D eigenvalue weighted by molar-refractivity contribution is 6.31. The zero-order valence-electron chi connectivity index (χ0n) is 8.20. The molecule has 0 aromatic heterocycles. The lowest BCUT2D eigenvalue weighted by Crippen LogP contribution is -2.46. The molecule has 0 aliphatic carbocycles. The second-order valence-corrected chi connectivity index (χ2v) is 3.85. The van der Waals surface area contributed by atoms with Gasteiger partial charge in [-0.05, 0) is 18.2 Å². The van der Waals surface area contributed by atoms with E-state index in [0.717, 1.165) is 5.69 Å². The van der Waals surface area contributed by atoms with Crippen LogP contribution in [-0.2, 0) is 4.79 Å². The molecule has 2 rings (SSSR count). The smallest absolute Gasteiger partial charge is 0.226 e. The van der Waals surface area contributed by atoms with Crippen LogP contribution >= 0.6 is 11.6 Å². The van der Waals surface area contributed by atoms with E-state index in [4.69, 9.17) is 11.6 Å². The van der Waals surface area contributed by atoms with Gasteiger partial charge in [0.25, 0.3) is 0 Å². The van der Waals surface area contributed by atoms with Crippen LogP contribution in [0.4, 0.5) is 11.4 Å². The maximum atomic E-state index is 11.4. The molecule has 1 aromatic rings. The van der Waals surface area contributed by atoms with Crippen LogP contribution in [-0.4, -0.2) is 23.8 Å². The Morgan fingerprint density at radius 3 is 3.07 bits per heavy atom. The second kappa shape index (κ2) is 3.72. The van der Waals surface area contributed by atoms with E-state index in [0.29, 0.717) is 17.3 Å². The molecule has 80 valence electrons. The molecular weight excluding hydrogens is 216 g/mol. The van der Waals surface area contributed by atoms with Crippen molar-refractivity contribution in [3.63, 3.8) is 0 Å². The highest BCUT2D eigenvalue weighted by Crippen LogP contribution is 2.33. The lowest BCUT2D eigenvalue weighted by molar-refractivity contribution is -0.118. The Morgan fingerprint density at radius 1 is 1.67 bits per heavy atom. The van der Waals surface area contributed by atoms with Crippen molar-refractivity contribution in [2.75, 3.05) is 16.8 Å². The first kappa shape index (κ1) is 10.3. The highest BCUT2D eigenvalue weighted by atomic mass is 35.5. The number of amides is 1.